The van der Waals surface area contributed by atoms with Gasteiger partial charge in [0.2, 0.25) is 11.7 Å². The molecule has 0 saturated carbocycles. The summed E-state index contributed by atoms with van der Waals surface area (Å²) < 4.78 is 12.9. The molecule has 0 aliphatic carbocycles. The van der Waals surface area contributed by atoms with Gasteiger partial charge in [0.25, 0.3) is 5.69 Å². The molecule has 9 nitrogen and oxygen atoms in total. The van der Waals surface area contributed by atoms with Crippen LogP contribution in [0.5, 0.6) is 0 Å². The van der Waals surface area contributed by atoms with Gasteiger partial charge >= 0.3 is 0 Å². The second kappa shape index (κ2) is 7.05. The van der Waals surface area contributed by atoms with Gasteiger partial charge in [-0.15, -0.1) is 10.2 Å². The second-order valence-corrected chi connectivity index (χ2v) is 5.45. The number of rotatable bonds is 5. The Morgan fingerprint density at radius 1 is 1.27 bits per heavy atom. The molecule has 0 aliphatic rings. The van der Waals surface area contributed by atoms with Gasteiger partial charge in [0.1, 0.15) is 12.4 Å². The Kier molecular flexibility index (Phi) is 4.65. The Hall–Kier alpha value is -3.69. The van der Waals surface area contributed by atoms with Crippen LogP contribution in [0.25, 0.3) is 11.4 Å². The van der Waals surface area contributed by atoms with E-state index in [1.54, 1.807) is 13.0 Å². The van der Waals surface area contributed by atoms with E-state index in [1.807, 2.05) is 0 Å². The van der Waals surface area contributed by atoms with Crippen molar-refractivity contribution in [2.45, 2.75) is 13.5 Å². The highest BCUT2D eigenvalue weighted by atomic mass is 19.1. The van der Waals surface area contributed by atoms with Crippen LogP contribution in [0.4, 0.5) is 15.8 Å². The van der Waals surface area contributed by atoms with Gasteiger partial charge in [-0.3, -0.25) is 14.9 Å². The molecular weight excluding hydrogens is 343 g/mol. The molecule has 0 atom stereocenters. The van der Waals surface area contributed by atoms with Crippen molar-refractivity contribution in [3.05, 3.63) is 64.0 Å². The first-order valence-electron chi connectivity index (χ1n) is 7.51. The number of nitrogens with one attached hydrogen (secondary N) is 1. The van der Waals surface area contributed by atoms with Gasteiger partial charge in [-0.25, -0.2) is 4.39 Å². The number of nitrogens with zero attached hydrogens (tertiary/aromatic N) is 5. The molecule has 1 heterocycles. The molecule has 0 bridgehead atoms. The Morgan fingerprint density at radius 2 is 2.00 bits per heavy atom. The Labute approximate surface area is 146 Å². The van der Waals surface area contributed by atoms with E-state index in [9.17, 15) is 19.3 Å². The van der Waals surface area contributed by atoms with Crippen molar-refractivity contribution < 1.29 is 14.1 Å². The summed E-state index contributed by atoms with van der Waals surface area (Å²) in [5, 5.41) is 25.1. The first-order valence-corrected chi connectivity index (χ1v) is 7.51. The lowest BCUT2D eigenvalue weighted by atomic mass is 10.2. The van der Waals surface area contributed by atoms with Crippen LogP contribution in [-0.4, -0.2) is 31.0 Å². The number of hydrogen-bond acceptors (Lipinski definition) is 6. The van der Waals surface area contributed by atoms with Gasteiger partial charge in [-0.2, -0.15) is 4.80 Å². The molecule has 2 aromatic carbocycles. The van der Waals surface area contributed by atoms with Crippen molar-refractivity contribution in [2.75, 3.05) is 5.32 Å². The van der Waals surface area contributed by atoms with E-state index >= 15 is 0 Å². The summed E-state index contributed by atoms with van der Waals surface area (Å²) in [6, 6.07) is 9.74. The van der Waals surface area contributed by atoms with Gasteiger partial charge in [0, 0.05) is 17.7 Å². The van der Waals surface area contributed by atoms with Gasteiger partial charge in [0.15, 0.2) is 0 Å². The highest BCUT2D eigenvalue weighted by Gasteiger charge is 2.13. The lowest BCUT2D eigenvalue weighted by molar-refractivity contribution is -0.384. The number of aromatic nitrogens is 4. The number of halogens is 1. The molecular formula is C16H13FN6O3. The van der Waals surface area contributed by atoms with Gasteiger partial charge < -0.3 is 5.32 Å². The molecule has 132 valence electrons. The number of non-ortho nitro benzene ring substituents is 1. The quantitative estimate of drug-likeness (QED) is 0.554. The number of nitro benzene ring substituents is 1. The molecule has 3 rings (SSSR count). The van der Waals surface area contributed by atoms with Crippen LogP contribution in [0, 0.1) is 22.9 Å². The fraction of sp³-hybridized carbons (Fsp3) is 0.125. The maximum atomic E-state index is 12.9. The normalized spacial score (nSPS) is 10.5. The number of amides is 1. The van der Waals surface area contributed by atoms with Crippen molar-refractivity contribution >= 4 is 17.3 Å². The summed E-state index contributed by atoms with van der Waals surface area (Å²) in [4.78, 5) is 23.5. The van der Waals surface area contributed by atoms with Crippen LogP contribution >= 0.6 is 0 Å². The van der Waals surface area contributed by atoms with E-state index in [4.69, 9.17) is 0 Å². The Morgan fingerprint density at radius 3 is 2.69 bits per heavy atom. The predicted octanol–water partition coefficient (Wildman–Crippen LogP) is 2.33. The summed E-state index contributed by atoms with van der Waals surface area (Å²) in [6.07, 6.45) is 0. The lowest BCUT2D eigenvalue weighted by Gasteiger charge is -2.07. The van der Waals surface area contributed by atoms with E-state index in [0.717, 1.165) is 4.80 Å². The first-order chi connectivity index (χ1) is 12.4. The van der Waals surface area contributed by atoms with Gasteiger partial charge in [-0.1, -0.05) is 6.07 Å². The van der Waals surface area contributed by atoms with Crippen LogP contribution < -0.4 is 5.32 Å². The maximum Gasteiger partial charge on any atom is 0.271 e. The fourth-order valence-electron chi connectivity index (χ4n) is 2.20. The van der Waals surface area contributed by atoms with Crippen molar-refractivity contribution in [2.24, 2.45) is 0 Å². The molecule has 10 heteroatoms. The highest BCUT2D eigenvalue weighted by molar-refractivity contribution is 5.91. The van der Waals surface area contributed by atoms with E-state index in [2.05, 4.69) is 20.7 Å². The number of nitro groups is 1. The largest absolute Gasteiger partial charge is 0.324 e. The standard InChI is InChI=1S/C16H13FN6O3/c1-10-2-7-13(23(25)26)8-14(10)18-15(24)9-22-20-16(19-21-22)11-3-5-12(17)6-4-11/h2-8H,9H2,1H3,(H,18,24). The minimum atomic E-state index is -0.539. The van der Waals surface area contributed by atoms with Gasteiger partial charge in [-0.05, 0) is 42.0 Å². The SMILES string of the molecule is Cc1ccc([N+](=O)[O-])cc1NC(=O)Cn1nnc(-c2ccc(F)cc2)n1. The van der Waals surface area contributed by atoms with Gasteiger partial charge in [0.05, 0.1) is 10.6 Å². The topological polar surface area (TPSA) is 116 Å². The molecule has 0 saturated heterocycles. The fourth-order valence-corrected chi connectivity index (χ4v) is 2.20. The third-order valence-corrected chi connectivity index (χ3v) is 3.55. The number of carbonyl (C=O) groups excluding carboxylic acids is 1. The smallest absolute Gasteiger partial charge is 0.271 e. The average Bonchev–Trinajstić information content (AvgIpc) is 3.05. The molecule has 0 unspecified atom stereocenters. The van der Waals surface area contributed by atoms with Crippen molar-refractivity contribution in [3.8, 4) is 11.4 Å². The van der Waals surface area contributed by atoms with Crippen LogP contribution in [0.1, 0.15) is 5.56 Å². The number of carbonyl (C=O) groups is 1. The second-order valence-electron chi connectivity index (χ2n) is 5.45. The Balaban J connectivity index is 1.70. The molecule has 1 aromatic heterocycles. The van der Waals surface area contributed by atoms with Crippen LogP contribution in [0.15, 0.2) is 42.5 Å². The average molecular weight is 356 g/mol. The number of tetrazole rings is 1. The van der Waals surface area contributed by atoms with Crippen LogP contribution in [0.2, 0.25) is 0 Å². The molecule has 26 heavy (non-hydrogen) atoms. The predicted molar refractivity (Wildman–Crippen MR) is 89.7 cm³/mol. The first kappa shape index (κ1) is 17.1. The third kappa shape index (κ3) is 3.86. The Bertz CT molecular complexity index is 970. The van der Waals surface area contributed by atoms with Crippen molar-refractivity contribution in [1.29, 1.82) is 0 Å². The summed E-state index contributed by atoms with van der Waals surface area (Å²) in [6.45, 7) is 1.50. The van der Waals surface area contributed by atoms with E-state index in [0.29, 0.717) is 16.8 Å². The monoisotopic (exact) mass is 356 g/mol. The summed E-state index contributed by atoms with van der Waals surface area (Å²) >= 11 is 0. The highest BCUT2D eigenvalue weighted by Crippen LogP contribution is 2.21. The summed E-state index contributed by atoms with van der Waals surface area (Å²) in [7, 11) is 0. The summed E-state index contributed by atoms with van der Waals surface area (Å²) in [5.41, 5.74) is 1.46. The number of benzene rings is 2. The van der Waals surface area contributed by atoms with E-state index in [1.165, 1.54) is 36.4 Å². The number of hydrogen-bond donors (Lipinski definition) is 1. The molecule has 3 aromatic rings. The summed E-state index contributed by atoms with van der Waals surface area (Å²) in [5.74, 6) is -0.589. The molecule has 1 N–H and O–H groups in total. The number of aryl methyl sites for hydroxylation is 1. The molecule has 0 aliphatic heterocycles. The molecule has 0 radical (unpaired) electrons. The van der Waals surface area contributed by atoms with Crippen LogP contribution in [0.3, 0.4) is 0 Å². The lowest BCUT2D eigenvalue weighted by Crippen LogP contribution is -2.21. The molecule has 1 amide bonds. The number of anilines is 1. The minimum Gasteiger partial charge on any atom is -0.324 e. The van der Waals surface area contributed by atoms with Crippen LogP contribution in [-0.2, 0) is 11.3 Å². The molecule has 0 fully saturated rings. The van der Waals surface area contributed by atoms with E-state index in [-0.39, 0.29) is 23.9 Å². The zero-order valence-electron chi connectivity index (χ0n) is 13.6. The zero-order valence-corrected chi connectivity index (χ0v) is 13.6. The maximum absolute atomic E-state index is 12.9. The minimum absolute atomic E-state index is 0.122. The van der Waals surface area contributed by atoms with Crippen molar-refractivity contribution in [1.82, 2.24) is 20.2 Å². The third-order valence-electron chi connectivity index (χ3n) is 3.55. The molecule has 0 spiro atoms. The van der Waals surface area contributed by atoms with E-state index < -0.39 is 10.8 Å². The van der Waals surface area contributed by atoms with Crippen molar-refractivity contribution in [3.63, 3.8) is 0 Å². The zero-order chi connectivity index (χ0) is 18.7.